The lowest BCUT2D eigenvalue weighted by Gasteiger charge is -2.31. The molecule has 28 heavy (non-hydrogen) atoms. The fraction of sp³-hybridized carbons (Fsp3) is 0.300. The Balaban J connectivity index is 1.44. The summed E-state index contributed by atoms with van der Waals surface area (Å²) in [5.74, 6) is 0.737. The van der Waals surface area contributed by atoms with Crippen LogP contribution < -0.4 is 5.56 Å². The number of benzene rings is 1. The number of amides is 1. The molecule has 3 aromatic heterocycles. The van der Waals surface area contributed by atoms with Gasteiger partial charge < -0.3 is 9.88 Å². The van der Waals surface area contributed by atoms with E-state index in [1.807, 2.05) is 31.2 Å². The highest BCUT2D eigenvalue weighted by atomic mass is 16.2. The highest BCUT2D eigenvalue weighted by molar-refractivity contribution is 5.93. The number of hydrogen-bond acceptors (Lipinski definition) is 4. The third kappa shape index (κ3) is 2.69. The first-order chi connectivity index (χ1) is 13.6. The molecule has 0 radical (unpaired) electrons. The Kier molecular flexibility index (Phi) is 3.78. The Morgan fingerprint density at radius 3 is 3.00 bits per heavy atom. The maximum Gasteiger partial charge on any atom is 0.285 e. The van der Waals surface area contributed by atoms with Crippen LogP contribution in [0.1, 0.15) is 40.6 Å². The van der Waals surface area contributed by atoms with E-state index in [1.165, 1.54) is 10.7 Å². The summed E-state index contributed by atoms with van der Waals surface area (Å²) in [7, 11) is 0. The number of aromatic amines is 2. The summed E-state index contributed by atoms with van der Waals surface area (Å²) in [4.78, 5) is 39.8. The zero-order valence-electron chi connectivity index (χ0n) is 15.5. The quantitative estimate of drug-likeness (QED) is 0.560. The predicted molar refractivity (Wildman–Crippen MR) is 105 cm³/mol. The molecule has 1 aliphatic rings. The average Bonchev–Trinajstić information content (AvgIpc) is 3.31. The second-order valence-electron chi connectivity index (χ2n) is 7.34. The van der Waals surface area contributed by atoms with Gasteiger partial charge in [-0.3, -0.25) is 14.7 Å². The smallest absolute Gasteiger partial charge is 0.285 e. The molecule has 1 atom stereocenters. The van der Waals surface area contributed by atoms with Crippen molar-refractivity contribution in [3.05, 3.63) is 64.0 Å². The number of carbonyl (C=O) groups is 1. The number of piperidine rings is 1. The van der Waals surface area contributed by atoms with Crippen LogP contribution in [0, 0.1) is 6.92 Å². The lowest BCUT2D eigenvalue weighted by atomic mass is 9.97. The fourth-order valence-corrected chi connectivity index (χ4v) is 3.95. The number of fused-ring (bicyclic) bond motifs is 2. The largest absolute Gasteiger partial charge is 0.342 e. The van der Waals surface area contributed by atoms with Gasteiger partial charge in [0.15, 0.2) is 5.65 Å². The van der Waals surface area contributed by atoms with E-state index in [0.717, 1.165) is 35.4 Å². The van der Waals surface area contributed by atoms with E-state index in [1.54, 1.807) is 11.0 Å². The summed E-state index contributed by atoms with van der Waals surface area (Å²) in [6.07, 6.45) is 3.21. The Labute approximate surface area is 160 Å². The standard InChI is InChI=1S/C20H20N6O2/c1-12-9-17-21-10-14(20(28)26(17)24-12)19(27)25-8-4-5-13(11-25)18-22-15-6-2-3-7-16(15)23-18/h2-3,6-7,9-10,13,24H,4-5,8,11H2,1H3,(H,22,23). The molecule has 142 valence electrons. The van der Waals surface area contributed by atoms with E-state index >= 15 is 0 Å². The van der Waals surface area contributed by atoms with Gasteiger partial charge in [-0.2, -0.15) is 0 Å². The molecule has 0 saturated carbocycles. The zero-order valence-corrected chi connectivity index (χ0v) is 15.5. The normalized spacial score (nSPS) is 17.5. The lowest BCUT2D eigenvalue weighted by molar-refractivity contribution is 0.0702. The van der Waals surface area contributed by atoms with Crippen molar-refractivity contribution < 1.29 is 4.79 Å². The van der Waals surface area contributed by atoms with E-state index in [2.05, 4.69) is 20.1 Å². The van der Waals surface area contributed by atoms with E-state index < -0.39 is 0 Å². The molecule has 5 rings (SSSR count). The van der Waals surface area contributed by atoms with Gasteiger partial charge in [0.05, 0.1) is 11.0 Å². The van der Waals surface area contributed by atoms with Crippen LogP contribution in [-0.4, -0.2) is 48.5 Å². The molecule has 0 spiro atoms. The summed E-state index contributed by atoms with van der Waals surface area (Å²) in [5, 5.41) is 2.93. The summed E-state index contributed by atoms with van der Waals surface area (Å²) < 4.78 is 1.32. The van der Waals surface area contributed by atoms with Gasteiger partial charge in [0, 0.05) is 37.0 Å². The van der Waals surface area contributed by atoms with Crippen LogP contribution in [-0.2, 0) is 0 Å². The first kappa shape index (κ1) is 16.7. The molecule has 4 heterocycles. The molecule has 0 aliphatic carbocycles. The number of H-pyrrole nitrogens is 2. The monoisotopic (exact) mass is 376 g/mol. The molecule has 1 unspecified atom stereocenters. The molecule has 0 bridgehead atoms. The fourth-order valence-electron chi connectivity index (χ4n) is 3.95. The Bertz CT molecular complexity index is 1220. The second kappa shape index (κ2) is 6.33. The molecule has 2 N–H and O–H groups in total. The third-order valence-corrected chi connectivity index (χ3v) is 5.36. The third-order valence-electron chi connectivity index (χ3n) is 5.36. The minimum Gasteiger partial charge on any atom is -0.342 e. The molecule has 1 saturated heterocycles. The van der Waals surface area contributed by atoms with Crippen molar-refractivity contribution >= 4 is 22.6 Å². The number of rotatable bonds is 2. The van der Waals surface area contributed by atoms with Crippen LogP contribution in [0.3, 0.4) is 0 Å². The first-order valence-corrected chi connectivity index (χ1v) is 9.41. The van der Waals surface area contributed by atoms with Gasteiger partial charge in [-0.15, -0.1) is 0 Å². The number of para-hydroxylation sites is 2. The minimum atomic E-state index is -0.367. The van der Waals surface area contributed by atoms with Crippen LogP contribution >= 0.6 is 0 Å². The maximum atomic E-state index is 13.0. The number of hydrogen-bond donors (Lipinski definition) is 2. The van der Waals surface area contributed by atoms with E-state index in [0.29, 0.717) is 18.7 Å². The zero-order chi connectivity index (χ0) is 19.3. The molecular formula is C20H20N6O2. The van der Waals surface area contributed by atoms with E-state index in [9.17, 15) is 9.59 Å². The van der Waals surface area contributed by atoms with Gasteiger partial charge in [-0.05, 0) is 31.9 Å². The number of likely N-dealkylation sites (tertiary alicyclic amines) is 1. The van der Waals surface area contributed by atoms with Gasteiger partial charge in [-0.1, -0.05) is 12.1 Å². The van der Waals surface area contributed by atoms with Gasteiger partial charge in [-0.25, -0.2) is 14.5 Å². The second-order valence-corrected chi connectivity index (χ2v) is 7.34. The topological polar surface area (TPSA) is 99.2 Å². The predicted octanol–water partition coefficient (Wildman–Crippen LogP) is 2.23. The number of aryl methyl sites for hydroxylation is 1. The summed E-state index contributed by atoms with van der Waals surface area (Å²) in [6.45, 7) is 3.00. The number of nitrogens with zero attached hydrogens (tertiary/aromatic N) is 4. The van der Waals surface area contributed by atoms with Gasteiger partial charge >= 0.3 is 0 Å². The average molecular weight is 376 g/mol. The number of nitrogens with one attached hydrogen (secondary N) is 2. The Morgan fingerprint density at radius 1 is 1.29 bits per heavy atom. The molecule has 8 heteroatoms. The summed E-state index contributed by atoms with van der Waals surface area (Å²) in [5.41, 5.74) is 2.97. The summed E-state index contributed by atoms with van der Waals surface area (Å²) >= 11 is 0. The maximum absolute atomic E-state index is 13.0. The van der Waals surface area contributed by atoms with Crippen molar-refractivity contribution in [1.82, 2.24) is 29.5 Å². The van der Waals surface area contributed by atoms with Crippen molar-refractivity contribution in [3.8, 4) is 0 Å². The van der Waals surface area contributed by atoms with Crippen molar-refractivity contribution in [1.29, 1.82) is 0 Å². The SMILES string of the molecule is Cc1cc2ncc(C(=O)N3CCCC(c4nc5ccccc5[nH]4)C3)c(=O)n2[nH]1. The number of imidazole rings is 1. The van der Waals surface area contributed by atoms with Crippen LogP contribution in [0.2, 0.25) is 0 Å². The van der Waals surface area contributed by atoms with Crippen molar-refractivity contribution in [2.75, 3.05) is 13.1 Å². The molecule has 1 aromatic carbocycles. The Hall–Kier alpha value is -3.42. The Morgan fingerprint density at radius 2 is 2.14 bits per heavy atom. The minimum absolute atomic E-state index is 0.0876. The van der Waals surface area contributed by atoms with Gasteiger partial charge in [0.1, 0.15) is 11.4 Å². The highest BCUT2D eigenvalue weighted by Gasteiger charge is 2.29. The molecular weight excluding hydrogens is 356 g/mol. The van der Waals surface area contributed by atoms with Crippen molar-refractivity contribution in [2.45, 2.75) is 25.7 Å². The molecule has 1 fully saturated rings. The molecule has 1 amide bonds. The van der Waals surface area contributed by atoms with Crippen LogP contribution in [0.5, 0.6) is 0 Å². The van der Waals surface area contributed by atoms with Crippen LogP contribution in [0.4, 0.5) is 0 Å². The van der Waals surface area contributed by atoms with Gasteiger partial charge in [0.25, 0.3) is 11.5 Å². The molecule has 8 nitrogen and oxygen atoms in total. The van der Waals surface area contributed by atoms with Gasteiger partial charge in [0.2, 0.25) is 0 Å². The van der Waals surface area contributed by atoms with E-state index in [4.69, 9.17) is 0 Å². The lowest BCUT2D eigenvalue weighted by Crippen LogP contribution is -2.42. The molecule has 4 aromatic rings. The van der Waals surface area contributed by atoms with Crippen LogP contribution in [0.15, 0.2) is 41.3 Å². The van der Waals surface area contributed by atoms with Crippen LogP contribution in [0.25, 0.3) is 16.7 Å². The highest BCUT2D eigenvalue weighted by Crippen LogP contribution is 2.27. The number of aromatic nitrogens is 5. The summed E-state index contributed by atoms with van der Waals surface area (Å²) in [6, 6.07) is 9.68. The van der Waals surface area contributed by atoms with Crippen molar-refractivity contribution in [2.24, 2.45) is 0 Å². The van der Waals surface area contributed by atoms with Crippen molar-refractivity contribution in [3.63, 3.8) is 0 Å². The first-order valence-electron chi connectivity index (χ1n) is 9.41. The number of carbonyl (C=O) groups excluding carboxylic acids is 1. The molecule has 1 aliphatic heterocycles. The van der Waals surface area contributed by atoms with E-state index in [-0.39, 0.29) is 22.9 Å².